The molecule has 1 aliphatic heterocycles. The highest BCUT2D eigenvalue weighted by molar-refractivity contribution is 7.89. The Morgan fingerprint density at radius 3 is 2.52 bits per heavy atom. The highest BCUT2D eigenvalue weighted by Gasteiger charge is 2.21. The second kappa shape index (κ2) is 6.39. The van der Waals surface area contributed by atoms with E-state index in [4.69, 9.17) is 4.74 Å². The first-order chi connectivity index (χ1) is 9.79. The summed E-state index contributed by atoms with van der Waals surface area (Å²) in [5.74, 6) is 0. The SMILES string of the molecule is O=S(=O)(F)c1cccc(S(=O)(=O)NCC2CCCCO2)c1. The van der Waals surface area contributed by atoms with Crippen LogP contribution < -0.4 is 4.72 Å². The highest BCUT2D eigenvalue weighted by atomic mass is 32.3. The van der Waals surface area contributed by atoms with Crippen LogP contribution in [-0.4, -0.2) is 36.1 Å². The lowest BCUT2D eigenvalue weighted by Crippen LogP contribution is -2.35. The largest absolute Gasteiger partial charge is 0.377 e. The maximum Gasteiger partial charge on any atom is 0.332 e. The van der Waals surface area contributed by atoms with Gasteiger partial charge in [0, 0.05) is 13.2 Å². The van der Waals surface area contributed by atoms with E-state index in [1.165, 1.54) is 12.1 Å². The molecular weight excluding hydrogens is 321 g/mol. The topological polar surface area (TPSA) is 89.5 Å². The number of hydrogen-bond donors (Lipinski definition) is 1. The summed E-state index contributed by atoms with van der Waals surface area (Å²) in [6.45, 7) is 0.705. The maximum atomic E-state index is 12.9. The van der Waals surface area contributed by atoms with E-state index in [1.54, 1.807) is 0 Å². The van der Waals surface area contributed by atoms with Gasteiger partial charge in [-0.3, -0.25) is 0 Å². The standard InChI is InChI=1S/C12H16FNO5S2/c13-20(15,16)11-5-3-6-12(8-11)21(17,18)14-9-10-4-1-2-7-19-10/h3,5-6,8,10,14H,1-2,4,7,9H2. The van der Waals surface area contributed by atoms with Gasteiger partial charge in [-0.15, -0.1) is 3.89 Å². The summed E-state index contributed by atoms with van der Waals surface area (Å²) >= 11 is 0. The second-order valence-corrected chi connectivity index (χ2v) is 7.87. The molecule has 0 amide bonds. The van der Waals surface area contributed by atoms with Crippen LogP contribution in [-0.2, 0) is 25.0 Å². The van der Waals surface area contributed by atoms with Gasteiger partial charge in [-0.25, -0.2) is 13.1 Å². The third kappa shape index (κ3) is 4.47. The molecule has 0 saturated carbocycles. The van der Waals surface area contributed by atoms with Crippen LogP contribution >= 0.6 is 0 Å². The summed E-state index contributed by atoms with van der Waals surface area (Å²) in [7, 11) is -8.84. The van der Waals surface area contributed by atoms with Gasteiger partial charge in [-0.1, -0.05) is 6.07 Å². The Morgan fingerprint density at radius 2 is 1.90 bits per heavy atom. The second-order valence-electron chi connectivity index (χ2n) is 4.75. The molecule has 1 N–H and O–H groups in total. The molecule has 1 unspecified atom stereocenters. The van der Waals surface area contributed by atoms with Gasteiger partial charge in [-0.05, 0) is 37.5 Å². The van der Waals surface area contributed by atoms with Crippen molar-refractivity contribution in [2.75, 3.05) is 13.2 Å². The highest BCUT2D eigenvalue weighted by Crippen LogP contribution is 2.18. The normalized spacial score (nSPS) is 20.3. The monoisotopic (exact) mass is 337 g/mol. The minimum Gasteiger partial charge on any atom is -0.377 e. The van der Waals surface area contributed by atoms with Crippen LogP contribution in [0.25, 0.3) is 0 Å². The molecule has 1 aromatic carbocycles. The molecule has 1 saturated heterocycles. The molecule has 1 atom stereocenters. The van der Waals surface area contributed by atoms with Gasteiger partial charge in [0.2, 0.25) is 10.0 Å². The van der Waals surface area contributed by atoms with Gasteiger partial charge in [0.25, 0.3) is 0 Å². The third-order valence-electron chi connectivity index (χ3n) is 3.17. The van der Waals surface area contributed by atoms with Crippen LogP contribution in [0.4, 0.5) is 3.89 Å². The van der Waals surface area contributed by atoms with Crippen molar-refractivity contribution in [3.05, 3.63) is 24.3 Å². The van der Waals surface area contributed by atoms with Crippen LogP contribution in [0.1, 0.15) is 19.3 Å². The number of ether oxygens (including phenoxy) is 1. The zero-order valence-corrected chi connectivity index (χ0v) is 12.8. The van der Waals surface area contributed by atoms with Gasteiger partial charge < -0.3 is 4.74 Å². The molecular formula is C12H16FNO5S2. The number of hydrogen-bond acceptors (Lipinski definition) is 5. The Morgan fingerprint density at radius 1 is 1.19 bits per heavy atom. The molecule has 1 aromatic rings. The maximum absolute atomic E-state index is 12.9. The van der Waals surface area contributed by atoms with Crippen molar-refractivity contribution in [3.8, 4) is 0 Å². The average Bonchev–Trinajstić information content (AvgIpc) is 2.46. The summed E-state index contributed by atoms with van der Waals surface area (Å²) in [6.07, 6.45) is 2.50. The van der Waals surface area contributed by atoms with Gasteiger partial charge in [0.15, 0.2) is 0 Å². The number of halogens is 1. The first-order valence-corrected chi connectivity index (χ1v) is 9.32. The lowest BCUT2D eigenvalue weighted by atomic mass is 10.1. The van der Waals surface area contributed by atoms with Crippen molar-refractivity contribution in [1.29, 1.82) is 0 Å². The fourth-order valence-electron chi connectivity index (χ4n) is 2.05. The Bertz CT molecular complexity index is 696. The fraction of sp³-hybridized carbons (Fsp3) is 0.500. The van der Waals surface area contributed by atoms with E-state index in [-0.39, 0.29) is 17.5 Å². The number of nitrogens with one attached hydrogen (secondary N) is 1. The zero-order valence-electron chi connectivity index (χ0n) is 11.2. The minimum absolute atomic E-state index is 0.106. The predicted octanol–water partition coefficient (Wildman–Crippen LogP) is 1.19. The van der Waals surface area contributed by atoms with E-state index >= 15 is 0 Å². The summed E-state index contributed by atoms with van der Waals surface area (Å²) in [5.41, 5.74) is 0. The first-order valence-electron chi connectivity index (χ1n) is 6.45. The first kappa shape index (κ1) is 16.3. The lowest BCUT2D eigenvalue weighted by Gasteiger charge is -2.22. The molecule has 6 nitrogen and oxygen atoms in total. The summed E-state index contributed by atoms with van der Waals surface area (Å²) in [5, 5.41) is 0. The van der Waals surface area contributed by atoms with E-state index in [2.05, 4.69) is 4.72 Å². The van der Waals surface area contributed by atoms with Crippen LogP contribution in [0.15, 0.2) is 34.1 Å². The molecule has 0 spiro atoms. The van der Waals surface area contributed by atoms with Crippen molar-refractivity contribution in [2.45, 2.75) is 35.2 Å². The Hall–Kier alpha value is -1.03. The van der Waals surface area contributed by atoms with E-state index in [9.17, 15) is 20.7 Å². The smallest absolute Gasteiger partial charge is 0.332 e. The summed E-state index contributed by atoms with van der Waals surface area (Å²) in [6, 6.07) is 4.18. The molecule has 1 heterocycles. The quantitative estimate of drug-likeness (QED) is 0.815. The van der Waals surface area contributed by atoms with Crippen LogP contribution in [0.2, 0.25) is 0 Å². The molecule has 1 aliphatic rings. The molecule has 9 heteroatoms. The lowest BCUT2D eigenvalue weighted by molar-refractivity contribution is 0.0200. The van der Waals surface area contributed by atoms with Gasteiger partial charge in [-0.2, -0.15) is 8.42 Å². The van der Waals surface area contributed by atoms with Crippen LogP contribution in [0.5, 0.6) is 0 Å². The Labute approximate surface area is 123 Å². The average molecular weight is 337 g/mol. The molecule has 21 heavy (non-hydrogen) atoms. The molecule has 0 aliphatic carbocycles. The minimum atomic E-state index is -4.94. The van der Waals surface area contributed by atoms with Crippen molar-refractivity contribution in [3.63, 3.8) is 0 Å². The summed E-state index contributed by atoms with van der Waals surface area (Å²) < 4.78 is 66.4. The molecule has 0 bridgehead atoms. The molecule has 0 aromatic heterocycles. The Kier molecular flexibility index (Phi) is 4.97. The molecule has 2 rings (SSSR count). The van der Waals surface area contributed by atoms with Crippen LogP contribution in [0, 0.1) is 0 Å². The van der Waals surface area contributed by atoms with Crippen LogP contribution in [0.3, 0.4) is 0 Å². The van der Waals surface area contributed by atoms with Crippen molar-refractivity contribution >= 4 is 20.2 Å². The van der Waals surface area contributed by atoms with Gasteiger partial charge in [0.05, 0.1) is 15.9 Å². The summed E-state index contributed by atoms with van der Waals surface area (Å²) in [4.78, 5) is -0.976. The van der Waals surface area contributed by atoms with Crippen molar-refractivity contribution in [2.24, 2.45) is 0 Å². The molecule has 118 valence electrons. The van der Waals surface area contributed by atoms with Crippen molar-refractivity contribution in [1.82, 2.24) is 4.72 Å². The van der Waals surface area contributed by atoms with Gasteiger partial charge in [0.1, 0.15) is 0 Å². The van der Waals surface area contributed by atoms with E-state index < -0.39 is 25.1 Å². The third-order valence-corrected chi connectivity index (χ3v) is 5.41. The molecule has 0 radical (unpaired) electrons. The van der Waals surface area contributed by atoms with E-state index in [0.29, 0.717) is 6.61 Å². The number of sulfonamides is 1. The zero-order chi connectivity index (χ0) is 15.5. The van der Waals surface area contributed by atoms with E-state index in [0.717, 1.165) is 31.4 Å². The van der Waals surface area contributed by atoms with Crippen molar-refractivity contribution < 1.29 is 25.5 Å². The van der Waals surface area contributed by atoms with E-state index in [1.807, 2.05) is 0 Å². The Balaban J connectivity index is 2.12. The predicted molar refractivity (Wildman–Crippen MR) is 73.5 cm³/mol. The van der Waals surface area contributed by atoms with Gasteiger partial charge >= 0.3 is 10.2 Å². The number of rotatable bonds is 5. The fourth-order valence-corrected chi connectivity index (χ4v) is 3.74. The molecule has 1 fully saturated rings. The number of benzene rings is 1.